The summed E-state index contributed by atoms with van der Waals surface area (Å²) in [6.07, 6.45) is 1.17. The van der Waals surface area contributed by atoms with Crippen molar-refractivity contribution in [2.75, 3.05) is 39.3 Å². The molecule has 208 valence electrons. The molecule has 8 nitrogen and oxygen atoms in total. The summed E-state index contributed by atoms with van der Waals surface area (Å²) >= 11 is 0. The maximum atomic E-state index is 10.5. The van der Waals surface area contributed by atoms with Gasteiger partial charge in [0.25, 0.3) is 0 Å². The number of nitrogens with zero attached hydrogens (tertiary/aromatic N) is 2. The van der Waals surface area contributed by atoms with Gasteiger partial charge in [-0.25, -0.2) is 0 Å². The predicted molar refractivity (Wildman–Crippen MR) is 156 cm³/mol. The Morgan fingerprint density at radius 3 is 2.26 bits per heavy atom. The third-order valence-electron chi connectivity index (χ3n) is 6.63. The molecule has 1 aliphatic rings. The van der Waals surface area contributed by atoms with Gasteiger partial charge in [0.2, 0.25) is 0 Å². The normalized spacial score (nSPS) is 14.6. The van der Waals surface area contributed by atoms with Crippen LogP contribution < -0.4 is 11.5 Å². The average molecular weight is 532 g/mol. The summed E-state index contributed by atoms with van der Waals surface area (Å²) in [5.41, 5.74) is 15.1. The summed E-state index contributed by atoms with van der Waals surface area (Å²) in [6, 6.07) is 26.1. The van der Waals surface area contributed by atoms with Crippen LogP contribution in [-0.4, -0.2) is 66.0 Å². The standard InChI is InChI=1S/C25H28N4O.C6H13NO2/c26-25(27)21-11-9-20(10-12-21)24(22-7-4-8-23(30)17-22)29-15-13-28(14-16-29)18-19-5-2-1-3-6-19;1-2-9-6(8)4-3-5-7/h1-12,17,24,30H,13-16,18H2,(H3,26,27);2-5,7H2,1H3. The van der Waals surface area contributed by atoms with Crippen LogP contribution in [0.15, 0.2) is 78.9 Å². The van der Waals surface area contributed by atoms with Crippen molar-refractivity contribution < 1.29 is 14.6 Å². The molecule has 0 aliphatic carbocycles. The first-order valence-corrected chi connectivity index (χ1v) is 13.5. The minimum Gasteiger partial charge on any atom is -0.508 e. The zero-order valence-corrected chi connectivity index (χ0v) is 22.8. The zero-order valence-electron chi connectivity index (χ0n) is 22.8. The van der Waals surface area contributed by atoms with Gasteiger partial charge in [0.1, 0.15) is 11.6 Å². The Hall–Kier alpha value is -3.72. The van der Waals surface area contributed by atoms with Crippen LogP contribution >= 0.6 is 0 Å². The largest absolute Gasteiger partial charge is 0.508 e. The van der Waals surface area contributed by atoms with Crippen LogP contribution in [0.3, 0.4) is 0 Å². The number of phenolic OH excluding ortho intramolecular Hbond substituents is 1. The number of phenols is 1. The van der Waals surface area contributed by atoms with Gasteiger partial charge < -0.3 is 21.3 Å². The molecule has 0 spiro atoms. The molecule has 0 saturated carbocycles. The Morgan fingerprint density at radius 2 is 1.67 bits per heavy atom. The van der Waals surface area contributed by atoms with Crippen LogP contribution in [0.1, 0.15) is 48.1 Å². The predicted octanol–water partition coefficient (Wildman–Crippen LogP) is 3.87. The van der Waals surface area contributed by atoms with E-state index in [2.05, 4.69) is 50.9 Å². The highest BCUT2D eigenvalue weighted by Crippen LogP contribution is 2.31. The van der Waals surface area contributed by atoms with E-state index in [1.54, 1.807) is 13.0 Å². The van der Waals surface area contributed by atoms with Crippen molar-refractivity contribution >= 4 is 11.8 Å². The van der Waals surface area contributed by atoms with Crippen LogP contribution in [0.2, 0.25) is 0 Å². The van der Waals surface area contributed by atoms with Crippen molar-refractivity contribution in [1.82, 2.24) is 9.80 Å². The molecule has 6 N–H and O–H groups in total. The van der Waals surface area contributed by atoms with Gasteiger partial charge in [0.15, 0.2) is 0 Å². The van der Waals surface area contributed by atoms with E-state index in [4.69, 9.17) is 16.9 Å². The van der Waals surface area contributed by atoms with Gasteiger partial charge >= 0.3 is 5.97 Å². The molecule has 1 fully saturated rings. The molecule has 0 bridgehead atoms. The summed E-state index contributed by atoms with van der Waals surface area (Å²) in [5, 5.41) is 17.7. The highest BCUT2D eigenvalue weighted by Gasteiger charge is 2.26. The van der Waals surface area contributed by atoms with Crippen molar-refractivity contribution in [1.29, 1.82) is 5.41 Å². The third-order valence-corrected chi connectivity index (χ3v) is 6.63. The Balaban J connectivity index is 0.000000403. The van der Waals surface area contributed by atoms with E-state index in [1.165, 1.54) is 5.56 Å². The van der Waals surface area contributed by atoms with Gasteiger partial charge in [0.05, 0.1) is 12.6 Å². The average Bonchev–Trinajstić information content (AvgIpc) is 2.94. The number of amidine groups is 1. The van der Waals surface area contributed by atoms with E-state index in [-0.39, 0.29) is 23.6 Å². The number of rotatable bonds is 10. The minimum absolute atomic E-state index is 0.0528. The molecule has 0 amide bonds. The van der Waals surface area contributed by atoms with Crippen molar-refractivity contribution in [2.45, 2.75) is 32.4 Å². The van der Waals surface area contributed by atoms with Gasteiger partial charge in [-0.3, -0.25) is 20.0 Å². The van der Waals surface area contributed by atoms with Gasteiger partial charge in [0, 0.05) is 44.7 Å². The number of nitrogens with two attached hydrogens (primary N) is 2. The number of aromatic hydroxyl groups is 1. The number of piperazine rings is 1. The molecule has 4 rings (SSSR count). The Morgan fingerprint density at radius 1 is 0.974 bits per heavy atom. The number of hydrogen-bond donors (Lipinski definition) is 4. The van der Waals surface area contributed by atoms with E-state index < -0.39 is 0 Å². The van der Waals surface area contributed by atoms with Gasteiger partial charge in [-0.05, 0) is 48.7 Å². The van der Waals surface area contributed by atoms with Gasteiger partial charge in [-0.1, -0.05) is 66.7 Å². The maximum absolute atomic E-state index is 10.5. The number of hydrogen-bond acceptors (Lipinski definition) is 7. The molecule has 8 heteroatoms. The lowest BCUT2D eigenvalue weighted by atomic mass is 9.95. The number of benzene rings is 3. The van der Waals surface area contributed by atoms with E-state index in [0.29, 0.717) is 19.6 Å². The summed E-state index contributed by atoms with van der Waals surface area (Å²) in [4.78, 5) is 15.5. The smallest absolute Gasteiger partial charge is 0.305 e. The van der Waals surface area contributed by atoms with Crippen LogP contribution in [0.25, 0.3) is 0 Å². The molecule has 0 aromatic heterocycles. The zero-order chi connectivity index (χ0) is 28.0. The van der Waals surface area contributed by atoms with Crippen molar-refractivity contribution in [2.24, 2.45) is 11.5 Å². The molecule has 1 heterocycles. The summed E-state index contributed by atoms with van der Waals surface area (Å²) in [5.74, 6) is 0.202. The van der Waals surface area contributed by atoms with Crippen LogP contribution in [0, 0.1) is 5.41 Å². The van der Waals surface area contributed by atoms with E-state index in [9.17, 15) is 9.90 Å². The van der Waals surface area contributed by atoms with E-state index in [0.717, 1.165) is 55.8 Å². The number of ether oxygens (including phenoxy) is 1. The van der Waals surface area contributed by atoms with Crippen molar-refractivity contribution in [3.8, 4) is 5.75 Å². The molecule has 1 saturated heterocycles. The van der Waals surface area contributed by atoms with Gasteiger partial charge in [-0.2, -0.15) is 0 Å². The lowest BCUT2D eigenvalue weighted by molar-refractivity contribution is -0.143. The highest BCUT2D eigenvalue weighted by atomic mass is 16.5. The Labute approximate surface area is 231 Å². The van der Waals surface area contributed by atoms with Crippen molar-refractivity contribution in [3.63, 3.8) is 0 Å². The van der Waals surface area contributed by atoms with E-state index in [1.807, 2.05) is 36.4 Å². The van der Waals surface area contributed by atoms with Crippen LogP contribution in [0.5, 0.6) is 5.75 Å². The van der Waals surface area contributed by atoms with Crippen LogP contribution in [-0.2, 0) is 16.1 Å². The van der Waals surface area contributed by atoms with Crippen LogP contribution in [0.4, 0.5) is 0 Å². The van der Waals surface area contributed by atoms with E-state index >= 15 is 0 Å². The lowest BCUT2D eigenvalue weighted by Crippen LogP contribution is -2.47. The molecular formula is C31H41N5O3. The summed E-state index contributed by atoms with van der Waals surface area (Å²) in [6.45, 7) is 7.66. The van der Waals surface area contributed by atoms with Crippen molar-refractivity contribution in [3.05, 3.63) is 101 Å². The van der Waals surface area contributed by atoms with Gasteiger partial charge in [-0.15, -0.1) is 0 Å². The number of nitrogen functional groups attached to an aromatic ring is 1. The Bertz CT molecular complexity index is 1160. The number of carbonyl (C=O) groups is 1. The second kappa shape index (κ2) is 15.6. The number of carbonyl (C=O) groups excluding carboxylic acids is 1. The topological polar surface area (TPSA) is 129 Å². The fraction of sp³-hybridized carbons (Fsp3) is 0.355. The maximum Gasteiger partial charge on any atom is 0.305 e. The Kier molecular flexibility index (Phi) is 12.0. The molecular weight excluding hydrogens is 490 g/mol. The first-order chi connectivity index (χ1) is 18.9. The summed E-state index contributed by atoms with van der Waals surface area (Å²) < 4.78 is 4.65. The highest BCUT2D eigenvalue weighted by molar-refractivity contribution is 5.94. The second-order valence-corrected chi connectivity index (χ2v) is 9.53. The number of nitrogens with one attached hydrogen (secondary N) is 1. The fourth-order valence-electron chi connectivity index (χ4n) is 4.65. The molecule has 1 aliphatic heterocycles. The molecule has 1 atom stereocenters. The minimum atomic E-state index is -0.150. The fourth-order valence-corrected chi connectivity index (χ4v) is 4.65. The SMILES string of the molecule is CCOC(=O)CCCN.N=C(N)c1ccc(C(c2cccc(O)c2)N2CCN(Cc3ccccc3)CC2)cc1. The number of esters is 1. The molecule has 3 aromatic rings. The molecule has 3 aromatic carbocycles. The summed E-state index contributed by atoms with van der Waals surface area (Å²) in [7, 11) is 0. The third kappa shape index (κ3) is 9.51. The first-order valence-electron chi connectivity index (χ1n) is 13.5. The molecule has 1 unspecified atom stereocenters. The molecule has 39 heavy (non-hydrogen) atoms. The first kappa shape index (κ1) is 29.8. The second-order valence-electron chi connectivity index (χ2n) is 9.53. The molecule has 0 radical (unpaired) electrons. The lowest BCUT2D eigenvalue weighted by Gasteiger charge is -2.40. The quantitative estimate of drug-likeness (QED) is 0.178. The monoisotopic (exact) mass is 531 g/mol.